The number of fused-ring (bicyclic) bond motifs is 4. The highest BCUT2D eigenvalue weighted by atomic mass is 16.5. The van der Waals surface area contributed by atoms with E-state index < -0.39 is 22.7 Å². The minimum Gasteiger partial charge on any atom is -0.501 e. The summed E-state index contributed by atoms with van der Waals surface area (Å²) in [6.07, 6.45) is 3.39. The molecule has 2 fully saturated rings. The largest absolute Gasteiger partial charge is 0.501 e. The van der Waals surface area contributed by atoms with Gasteiger partial charge in [-0.15, -0.1) is 0 Å². The molecule has 7 atom stereocenters. The molecule has 5 rings (SSSR count). The van der Waals surface area contributed by atoms with Crippen molar-refractivity contribution in [1.29, 1.82) is 0 Å². The van der Waals surface area contributed by atoms with Crippen LogP contribution < -0.4 is 0 Å². The number of methoxy groups -OCH3 is 1. The Kier molecular flexibility index (Phi) is 3.97. The van der Waals surface area contributed by atoms with Gasteiger partial charge in [0, 0.05) is 34.7 Å². The molecule has 30 heavy (non-hydrogen) atoms. The fraction of sp³-hybridized carbons (Fsp3) is 0.625. The van der Waals surface area contributed by atoms with Crippen molar-refractivity contribution in [3.05, 3.63) is 35.5 Å². The zero-order chi connectivity index (χ0) is 21.6. The van der Waals surface area contributed by atoms with E-state index >= 15 is 0 Å². The van der Waals surface area contributed by atoms with Crippen LogP contribution in [-0.2, 0) is 19.7 Å². The van der Waals surface area contributed by atoms with Crippen LogP contribution in [0.5, 0.6) is 0 Å². The lowest BCUT2D eigenvalue weighted by atomic mass is 9.44. The van der Waals surface area contributed by atoms with Crippen molar-refractivity contribution >= 4 is 17.5 Å². The Morgan fingerprint density at radius 1 is 1.30 bits per heavy atom. The predicted molar refractivity (Wildman–Crippen MR) is 107 cm³/mol. The molecule has 2 saturated carbocycles. The second kappa shape index (κ2) is 6.08. The summed E-state index contributed by atoms with van der Waals surface area (Å²) in [4.78, 5) is 39.4. The summed E-state index contributed by atoms with van der Waals surface area (Å²) < 4.78 is 17.2. The number of cyclic esters (lactones) is 1. The molecular weight excluding hydrogens is 384 g/mol. The molecule has 0 amide bonds. The average Bonchev–Trinajstić information content (AvgIpc) is 3.30. The standard InChI is InChI=1S/C24H28O6/c1-6-16-24(4)18-12(11(2)28-5)9-23(3)14(7-8-15(23)25)17(18)20(26)21-19(24)13(10-29-21)22(27)30-16/h10,12,14,16-18H,2,6-9H2,1,3-5H3. The third-order valence-electron chi connectivity index (χ3n) is 8.77. The Morgan fingerprint density at radius 3 is 2.70 bits per heavy atom. The molecule has 6 heteroatoms. The van der Waals surface area contributed by atoms with Crippen LogP contribution in [0.15, 0.2) is 23.0 Å². The van der Waals surface area contributed by atoms with Gasteiger partial charge in [0.1, 0.15) is 23.7 Å². The maximum absolute atomic E-state index is 13.8. The Bertz CT molecular complexity index is 988. The van der Waals surface area contributed by atoms with Gasteiger partial charge in [-0.1, -0.05) is 27.4 Å². The van der Waals surface area contributed by atoms with Gasteiger partial charge in [-0.3, -0.25) is 9.59 Å². The first kappa shape index (κ1) is 19.6. The Hall–Kier alpha value is -2.37. The molecule has 0 aromatic carbocycles. The number of rotatable bonds is 3. The molecule has 1 aromatic heterocycles. The number of hydrogen-bond acceptors (Lipinski definition) is 6. The summed E-state index contributed by atoms with van der Waals surface area (Å²) in [7, 11) is 1.59. The van der Waals surface area contributed by atoms with E-state index in [0.29, 0.717) is 42.6 Å². The second-order valence-corrected chi connectivity index (χ2v) is 9.82. The van der Waals surface area contributed by atoms with Gasteiger partial charge in [-0.2, -0.15) is 0 Å². The number of hydrogen-bond donors (Lipinski definition) is 0. The first-order chi connectivity index (χ1) is 14.2. The second-order valence-electron chi connectivity index (χ2n) is 9.82. The van der Waals surface area contributed by atoms with E-state index in [2.05, 4.69) is 13.5 Å². The molecule has 2 heterocycles. The van der Waals surface area contributed by atoms with Gasteiger partial charge < -0.3 is 13.9 Å². The molecule has 7 unspecified atom stereocenters. The molecule has 3 aliphatic carbocycles. The van der Waals surface area contributed by atoms with Crippen LogP contribution in [0.1, 0.15) is 72.9 Å². The number of carbonyl (C=O) groups excluding carboxylic acids is 3. The number of esters is 1. The van der Waals surface area contributed by atoms with Crippen LogP contribution in [0.2, 0.25) is 0 Å². The SMILES string of the molecule is C=C(OC)C1CC2(C)C(=O)CCC2C2C(=O)c3occ4c3C(C)(C(CC)OC4=O)C12. The highest BCUT2D eigenvalue weighted by Gasteiger charge is 2.69. The third kappa shape index (κ3) is 2.07. The van der Waals surface area contributed by atoms with Crippen LogP contribution in [0.4, 0.5) is 0 Å². The molecule has 4 aliphatic rings. The molecule has 0 bridgehead atoms. The molecule has 6 nitrogen and oxygen atoms in total. The first-order valence-corrected chi connectivity index (χ1v) is 10.8. The fourth-order valence-corrected chi connectivity index (χ4v) is 7.37. The molecule has 0 spiro atoms. The van der Waals surface area contributed by atoms with Crippen LogP contribution in [0.25, 0.3) is 0 Å². The number of carbonyl (C=O) groups is 3. The number of allylic oxidation sites excluding steroid dienone is 1. The molecule has 0 radical (unpaired) electrons. The van der Waals surface area contributed by atoms with Gasteiger partial charge in [0.05, 0.1) is 12.9 Å². The summed E-state index contributed by atoms with van der Waals surface area (Å²) >= 11 is 0. The fourth-order valence-electron chi connectivity index (χ4n) is 7.37. The van der Waals surface area contributed by atoms with Crippen LogP contribution in [0, 0.1) is 29.1 Å². The molecule has 1 aliphatic heterocycles. The molecule has 0 N–H and O–H groups in total. The van der Waals surface area contributed by atoms with E-state index in [1.807, 2.05) is 13.8 Å². The van der Waals surface area contributed by atoms with Gasteiger partial charge in [0.2, 0.25) is 5.78 Å². The number of ether oxygens (including phenoxy) is 2. The lowest BCUT2D eigenvalue weighted by Gasteiger charge is -2.59. The molecule has 160 valence electrons. The highest BCUT2D eigenvalue weighted by Crippen LogP contribution is 2.66. The van der Waals surface area contributed by atoms with Crippen LogP contribution in [0.3, 0.4) is 0 Å². The van der Waals surface area contributed by atoms with Gasteiger partial charge in [-0.05, 0) is 31.1 Å². The average molecular weight is 412 g/mol. The van der Waals surface area contributed by atoms with E-state index in [1.165, 1.54) is 6.26 Å². The van der Waals surface area contributed by atoms with Crippen LogP contribution >= 0.6 is 0 Å². The van der Waals surface area contributed by atoms with E-state index in [-0.39, 0.29) is 41.2 Å². The number of furan rings is 1. The summed E-state index contributed by atoms with van der Waals surface area (Å²) in [6.45, 7) is 10.2. The summed E-state index contributed by atoms with van der Waals surface area (Å²) in [5, 5.41) is 0. The lowest BCUT2D eigenvalue weighted by molar-refractivity contribution is -0.135. The van der Waals surface area contributed by atoms with Crippen molar-refractivity contribution in [2.75, 3.05) is 7.11 Å². The maximum Gasteiger partial charge on any atom is 0.342 e. The molecular formula is C24H28O6. The number of ketones is 2. The number of Topliss-reactive ketones (excluding diaryl/α,β-unsaturated/α-hetero) is 2. The smallest absolute Gasteiger partial charge is 0.342 e. The molecule has 0 saturated heterocycles. The van der Waals surface area contributed by atoms with Crippen molar-refractivity contribution in [2.45, 2.75) is 58.0 Å². The van der Waals surface area contributed by atoms with Gasteiger partial charge in [-0.25, -0.2) is 4.79 Å². The van der Waals surface area contributed by atoms with E-state index in [0.717, 1.165) is 0 Å². The van der Waals surface area contributed by atoms with E-state index in [4.69, 9.17) is 13.9 Å². The predicted octanol–water partition coefficient (Wildman–Crippen LogP) is 4.08. The van der Waals surface area contributed by atoms with E-state index in [1.54, 1.807) is 7.11 Å². The monoisotopic (exact) mass is 412 g/mol. The summed E-state index contributed by atoms with van der Waals surface area (Å²) in [6, 6.07) is 0. The van der Waals surface area contributed by atoms with E-state index in [9.17, 15) is 14.4 Å². The maximum atomic E-state index is 13.8. The normalized spacial score (nSPS) is 41.6. The van der Waals surface area contributed by atoms with Crippen molar-refractivity contribution in [1.82, 2.24) is 0 Å². The Labute approximate surface area is 176 Å². The minimum absolute atomic E-state index is 0.0583. The van der Waals surface area contributed by atoms with Gasteiger partial charge >= 0.3 is 5.97 Å². The zero-order valence-corrected chi connectivity index (χ0v) is 17.9. The van der Waals surface area contributed by atoms with Gasteiger partial charge in [0.15, 0.2) is 5.76 Å². The summed E-state index contributed by atoms with van der Waals surface area (Å²) in [5.74, 6) is -0.287. The zero-order valence-electron chi connectivity index (χ0n) is 17.9. The quantitative estimate of drug-likeness (QED) is 0.550. The molecule has 1 aromatic rings. The minimum atomic E-state index is -0.613. The first-order valence-electron chi connectivity index (χ1n) is 10.8. The Balaban J connectivity index is 1.79. The highest BCUT2D eigenvalue weighted by molar-refractivity contribution is 6.05. The Morgan fingerprint density at radius 2 is 2.03 bits per heavy atom. The van der Waals surface area contributed by atoms with Crippen molar-refractivity contribution in [3.8, 4) is 0 Å². The topological polar surface area (TPSA) is 82.8 Å². The van der Waals surface area contributed by atoms with Crippen molar-refractivity contribution in [3.63, 3.8) is 0 Å². The van der Waals surface area contributed by atoms with Crippen molar-refractivity contribution in [2.24, 2.45) is 29.1 Å². The third-order valence-corrected chi connectivity index (χ3v) is 8.77. The lowest BCUT2D eigenvalue weighted by Crippen LogP contribution is -2.63. The van der Waals surface area contributed by atoms with Gasteiger partial charge in [0.25, 0.3) is 0 Å². The van der Waals surface area contributed by atoms with Crippen molar-refractivity contribution < 1.29 is 28.3 Å². The summed E-state index contributed by atoms with van der Waals surface area (Å²) in [5.41, 5.74) is -0.169. The van der Waals surface area contributed by atoms with Crippen LogP contribution in [-0.4, -0.2) is 30.7 Å².